The van der Waals surface area contributed by atoms with Crippen molar-refractivity contribution in [1.29, 1.82) is 0 Å². The van der Waals surface area contributed by atoms with Crippen LogP contribution in [0, 0.1) is 0 Å². The molecule has 0 aliphatic heterocycles. The standard InChI is InChI=1S/C21H27ClN2O3S2/c1-3-4-5-6-7-8-20(25)23-24-21(16-9-11-17(22)12-10-16)19-14-13-18(28-19)15-29(2,26)27/h9-14H,3-8,15H2,1-2H3,(H,23,25). The molecule has 0 radical (unpaired) electrons. The molecular formula is C21H27ClN2O3S2. The molecule has 5 nitrogen and oxygen atoms in total. The average molecular weight is 455 g/mol. The van der Waals surface area contributed by atoms with E-state index in [4.69, 9.17) is 11.6 Å². The van der Waals surface area contributed by atoms with Gasteiger partial charge in [-0.1, -0.05) is 56.3 Å². The fourth-order valence-electron chi connectivity index (χ4n) is 2.77. The van der Waals surface area contributed by atoms with E-state index < -0.39 is 9.84 Å². The first kappa shape index (κ1) is 23.6. The van der Waals surface area contributed by atoms with Crippen molar-refractivity contribution in [3.05, 3.63) is 56.7 Å². The lowest BCUT2D eigenvalue weighted by molar-refractivity contribution is -0.121. The van der Waals surface area contributed by atoms with E-state index in [1.807, 2.05) is 18.2 Å². The Morgan fingerprint density at radius 3 is 2.41 bits per heavy atom. The third-order valence-corrected chi connectivity index (χ3v) is 6.58. The predicted octanol–water partition coefficient (Wildman–Crippen LogP) is 5.18. The Kier molecular flexibility index (Phi) is 9.33. The van der Waals surface area contributed by atoms with E-state index in [1.54, 1.807) is 18.2 Å². The van der Waals surface area contributed by atoms with Gasteiger partial charge in [-0.2, -0.15) is 5.10 Å². The highest BCUT2D eigenvalue weighted by atomic mass is 35.5. The molecule has 0 aliphatic carbocycles. The van der Waals surface area contributed by atoms with Gasteiger partial charge >= 0.3 is 0 Å². The minimum Gasteiger partial charge on any atom is -0.273 e. The number of hydrogen-bond donors (Lipinski definition) is 1. The summed E-state index contributed by atoms with van der Waals surface area (Å²) in [6, 6.07) is 10.8. The quantitative estimate of drug-likeness (QED) is 0.289. The number of benzene rings is 1. The summed E-state index contributed by atoms with van der Waals surface area (Å²) >= 11 is 7.34. The number of unbranched alkanes of at least 4 members (excludes halogenated alkanes) is 4. The summed E-state index contributed by atoms with van der Waals surface area (Å²) in [5, 5.41) is 4.96. The van der Waals surface area contributed by atoms with E-state index in [-0.39, 0.29) is 11.7 Å². The van der Waals surface area contributed by atoms with Crippen LogP contribution in [0.4, 0.5) is 0 Å². The Balaban J connectivity index is 2.14. The van der Waals surface area contributed by atoms with Crippen molar-refractivity contribution in [3.63, 3.8) is 0 Å². The lowest BCUT2D eigenvalue weighted by Gasteiger charge is -2.06. The second kappa shape index (κ2) is 11.5. The molecule has 29 heavy (non-hydrogen) atoms. The Morgan fingerprint density at radius 2 is 1.76 bits per heavy atom. The summed E-state index contributed by atoms with van der Waals surface area (Å²) in [6.45, 7) is 2.16. The molecule has 8 heteroatoms. The summed E-state index contributed by atoms with van der Waals surface area (Å²) in [6.07, 6.45) is 7.02. The number of carbonyl (C=O) groups excluding carboxylic acids is 1. The molecule has 0 atom stereocenters. The maximum absolute atomic E-state index is 12.2. The first-order valence-electron chi connectivity index (χ1n) is 9.68. The molecule has 1 heterocycles. The van der Waals surface area contributed by atoms with Crippen LogP contribution in [0.5, 0.6) is 0 Å². The molecule has 0 spiro atoms. The minimum absolute atomic E-state index is 0.0182. The molecule has 0 saturated heterocycles. The summed E-state index contributed by atoms with van der Waals surface area (Å²) < 4.78 is 23.1. The summed E-state index contributed by atoms with van der Waals surface area (Å²) in [7, 11) is -3.12. The van der Waals surface area contributed by atoms with Crippen LogP contribution in [0.3, 0.4) is 0 Å². The monoisotopic (exact) mass is 454 g/mol. The zero-order chi connectivity index (χ0) is 21.3. The summed E-state index contributed by atoms with van der Waals surface area (Å²) in [5.41, 5.74) is 4.03. The number of sulfone groups is 1. The van der Waals surface area contributed by atoms with Crippen molar-refractivity contribution in [2.75, 3.05) is 6.26 Å². The van der Waals surface area contributed by atoms with Gasteiger partial charge in [-0.15, -0.1) is 11.3 Å². The van der Waals surface area contributed by atoms with E-state index in [2.05, 4.69) is 17.5 Å². The number of hydrazone groups is 1. The Bertz CT molecular complexity index is 935. The van der Waals surface area contributed by atoms with Crippen LogP contribution in [0.1, 0.15) is 60.8 Å². The fraction of sp³-hybridized carbons (Fsp3) is 0.429. The smallest absolute Gasteiger partial charge is 0.240 e. The molecule has 1 aromatic heterocycles. The molecule has 1 amide bonds. The normalized spacial score (nSPS) is 12.2. The molecular weight excluding hydrogens is 428 g/mol. The van der Waals surface area contributed by atoms with E-state index in [9.17, 15) is 13.2 Å². The highest BCUT2D eigenvalue weighted by Gasteiger charge is 2.14. The maximum Gasteiger partial charge on any atom is 0.240 e. The van der Waals surface area contributed by atoms with Gasteiger partial charge in [-0.05, 0) is 30.7 Å². The number of halogens is 1. The summed E-state index contributed by atoms with van der Waals surface area (Å²) in [4.78, 5) is 13.7. The van der Waals surface area contributed by atoms with Gasteiger partial charge in [-0.3, -0.25) is 4.79 Å². The van der Waals surface area contributed by atoms with Crippen LogP contribution < -0.4 is 5.43 Å². The van der Waals surface area contributed by atoms with Crippen LogP contribution in [0.15, 0.2) is 41.5 Å². The average Bonchev–Trinajstić information content (AvgIpc) is 3.09. The van der Waals surface area contributed by atoms with Crippen molar-refractivity contribution < 1.29 is 13.2 Å². The Morgan fingerprint density at radius 1 is 1.07 bits per heavy atom. The predicted molar refractivity (Wildman–Crippen MR) is 121 cm³/mol. The minimum atomic E-state index is -3.12. The van der Waals surface area contributed by atoms with Crippen molar-refractivity contribution >= 4 is 44.4 Å². The zero-order valence-electron chi connectivity index (χ0n) is 16.8. The first-order valence-corrected chi connectivity index (χ1v) is 12.9. The van der Waals surface area contributed by atoms with Gasteiger partial charge < -0.3 is 0 Å². The van der Waals surface area contributed by atoms with E-state index >= 15 is 0 Å². The number of rotatable bonds is 11. The molecule has 0 saturated carbocycles. The lowest BCUT2D eigenvalue weighted by Crippen LogP contribution is -2.19. The molecule has 0 bridgehead atoms. The second-order valence-corrected chi connectivity index (χ2v) is 10.7. The number of amides is 1. The molecule has 1 N–H and O–H groups in total. The van der Waals surface area contributed by atoms with Crippen molar-refractivity contribution in [2.24, 2.45) is 5.10 Å². The number of nitrogens with zero attached hydrogens (tertiary/aromatic N) is 1. The van der Waals surface area contributed by atoms with Gasteiger partial charge in [0, 0.05) is 28.1 Å². The molecule has 2 aromatic rings. The van der Waals surface area contributed by atoms with Crippen LogP contribution in [0.2, 0.25) is 5.02 Å². The number of nitrogens with one attached hydrogen (secondary N) is 1. The fourth-order valence-corrected chi connectivity index (χ4v) is 5.21. The van der Waals surface area contributed by atoms with Crippen molar-refractivity contribution in [1.82, 2.24) is 5.43 Å². The number of hydrogen-bond acceptors (Lipinski definition) is 5. The molecule has 0 fully saturated rings. The third kappa shape index (κ3) is 8.68. The molecule has 1 aromatic carbocycles. The van der Waals surface area contributed by atoms with Gasteiger partial charge in [0.05, 0.1) is 10.6 Å². The number of thiophene rings is 1. The van der Waals surface area contributed by atoms with Crippen LogP contribution in [-0.4, -0.2) is 26.3 Å². The highest BCUT2D eigenvalue weighted by molar-refractivity contribution is 7.90. The largest absolute Gasteiger partial charge is 0.273 e. The van der Waals surface area contributed by atoms with Crippen LogP contribution >= 0.6 is 22.9 Å². The zero-order valence-corrected chi connectivity index (χ0v) is 19.2. The lowest BCUT2D eigenvalue weighted by atomic mass is 10.1. The molecule has 158 valence electrons. The Hall–Kier alpha value is -1.70. The molecule has 2 rings (SSSR count). The first-order chi connectivity index (χ1) is 13.8. The van der Waals surface area contributed by atoms with E-state index in [1.165, 1.54) is 30.4 Å². The topological polar surface area (TPSA) is 75.6 Å². The van der Waals surface area contributed by atoms with Gasteiger partial charge in [0.1, 0.15) is 5.71 Å². The summed E-state index contributed by atoms with van der Waals surface area (Å²) in [5.74, 6) is -0.142. The SMILES string of the molecule is CCCCCCCC(=O)NN=C(c1ccc(Cl)cc1)c1ccc(CS(C)(=O)=O)s1. The highest BCUT2D eigenvalue weighted by Crippen LogP contribution is 2.23. The maximum atomic E-state index is 12.2. The Labute approximate surface area is 182 Å². The van der Waals surface area contributed by atoms with E-state index in [0.29, 0.717) is 17.2 Å². The van der Waals surface area contributed by atoms with Gasteiger partial charge in [-0.25, -0.2) is 13.8 Å². The van der Waals surface area contributed by atoms with Crippen LogP contribution in [-0.2, 0) is 20.4 Å². The second-order valence-electron chi connectivity index (χ2n) is 7.00. The molecule has 0 aliphatic rings. The van der Waals surface area contributed by atoms with Crippen molar-refractivity contribution in [3.8, 4) is 0 Å². The molecule has 0 unspecified atom stereocenters. The van der Waals surface area contributed by atoms with Crippen LogP contribution in [0.25, 0.3) is 0 Å². The number of carbonyl (C=O) groups is 1. The van der Waals surface area contributed by atoms with E-state index in [0.717, 1.165) is 34.6 Å². The van der Waals surface area contributed by atoms with Gasteiger partial charge in [0.25, 0.3) is 0 Å². The van der Waals surface area contributed by atoms with Gasteiger partial charge in [0.2, 0.25) is 5.91 Å². The van der Waals surface area contributed by atoms with Crippen molar-refractivity contribution in [2.45, 2.75) is 51.2 Å². The van der Waals surface area contributed by atoms with Gasteiger partial charge in [0.15, 0.2) is 9.84 Å². The third-order valence-electron chi connectivity index (χ3n) is 4.22.